The van der Waals surface area contributed by atoms with Crippen molar-refractivity contribution in [1.29, 1.82) is 0 Å². The number of carbonyl (C=O) groups is 1. The summed E-state index contributed by atoms with van der Waals surface area (Å²) in [6, 6.07) is 0. The molecule has 0 aromatic heterocycles. The zero-order valence-corrected chi connectivity index (χ0v) is 5.83. The van der Waals surface area contributed by atoms with Crippen LogP contribution in [-0.4, -0.2) is 45.6 Å². The van der Waals surface area contributed by atoms with Crippen LogP contribution in [0.5, 0.6) is 0 Å². The lowest BCUT2D eigenvalue weighted by Gasteiger charge is -1.91. The molecule has 0 rings (SSSR count). The molecule has 0 aromatic rings. The number of nitrogens with two attached hydrogens (primary N) is 1. The molecule has 9 heavy (non-hydrogen) atoms. The molecule has 0 spiro atoms. The molecule has 0 saturated carbocycles. The van der Waals surface area contributed by atoms with Gasteiger partial charge < -0.3 is 26.0 Å². The predicted octanol–water partition coefficient (Wildman–Crippen LogP) is -3.90. The number of hydrogen-bond donors (Lipinski definition) is 1. The Morgan fingerprint density at radius 2 is 1.78 bits per heavy atom. The van der Waals surface area contributed by atoms with Crippen LogP contribution >= 0.6 is 0 Å². The van der Waals surface area contributed by atoms with Gasteiger partial charge in [-0.05, 0) is 0 Å². The van der Waals surface area contributed by atoms with Crippen molar-refractivity contribution in [2.75, 3.05) is 6.54 Å². The summed E-state index contributed by atoms with van der Waals surface area (Å²) in [6.07, 6.45) is 0. The van der Waals surface area contributed by atoms with Gasteiger partial charge in [0.05, 0.1) is 6.54 Å². The number of rotatable bonds is 1. The lowest BCUT2D eigenvalue weighted by molar-refractivity contribution is -0.132. The van der Waals surface area contributed by atoms with E-state index in [0.717, 1.165) is 0 Å². The van der Waals surface area contributed by atoms with Crippen molar-refractivity contribution in [3.8, 4) is 0 Å². The number of carbonyl (C=O) groups excluding carboxylic acids is 1. The van der Waals surface area contributed by atoms with Crippen molar-refractivity contribution in [3.63, 3.8) is 0 Å². The largest absolute Gasteiger partial charge is 0.627 e. The van der Waals surface area contributed by atoms with Gasteiger partial charge in [0.25, 0.3) is 5.97 Å². The fraction of sp³-hybridized carbons (Fsp3) is 0.500. The lowest BCUT2D eigenvalue weighted by atomic mass is 10.7. The van der Waals surface area contributed by atoms with E-state index in [0.29, 0.717) is 0 Å². The van der Waals surface area contributed by atoms with Crippen molar-refractivity contribution in [3.05, 3.63) is 0 Å². The molecular formula is C2H10AlNO5. The zero-order chi connectivity index (χ0) is 4.99. The van der Waals surface area contributed by atoms with E-state index in [1.807, 2.05) is 16.6 Å². The van der Waals surface area contributed by atoms with Crippen LogP contribution in [0.3, 0.4) is 0 Å². The molecule has 0 fully saturated rings. The van der Waals surface area contributed by atoms with E-state index in [2.05, 4.69) is 3.79 Å². The molecule has 0 unspecified atom stereocenters. The first-order valence-electron chi connectivity index (χ1n) is 1.41. The van der Waals surface area contributed by atoms with Gasteiger partial charge in [0.15, 0.2) is 0 Å². The molecule has 0 heterocycles. The minimum atomic E-state index is -0.417. The van der Waals surface area contributed by atoms with Crippen LogP contribution in [-0.2, 0) is 8.58 Å². The second kappa shape index (κ2) is 15.7. The summed E-state index contributed by atoms with van der Waals surface area (Å²) in [5, 5.41) is 0. The molecule has 0 bridgehead atoms. The third kappa shape index (κ3) is 18.1. The van der Waals surface area contributed by atoms with E-state index < -0.39 is 5.97 Å². The van der Waals surface area contributed by atoms with Crippen LogP contribution in [0.15, 0.2) is 0 Å². The van der Waals surface area contributed by atoms with E-state index in [1.54, 1.807) is 0 Å². The Bertz CT molecular complexity index is 52.9. The van der Waals surface area contributed by atoms with Crippen molar-refractivity contribution in [2.45, 2.75) is 0 Å². The fourth-order valence-electron chi connectivity index (χ4n) is 0.0481. The quantitative estimate of drug-likeness (QED) is 0.386. The van der Waals surface area contributed by atoms with Gasteiger partial charge >= 0.3 is 16.6 Å². The summed E-state index contributed by atoms with van der Waals surface area (Å²) in [5.74, 6) is -0.417. The third-order valence-corrected chi connectivity index (χ3v) is 0.561. The standard InChI is InChI=1S/C2H5NO2.Al.3H2O/c3-1-2(4)5;;;;/h1,3H2,(H,4,5);;3*1H2/q;+1;;;/p-1. The molecule has 8 N–H and O–H groups in total. The maximum atomic E-state index is 9.81. The molecule has 7 heteroatoms. The molecule has 0 amide bonds. The highest BCUT2D eigenvalue weighted by Gasteiger charge is 1.86. The van der Waals surface area contributed by atoms with Gasteiger partial charge in [-0.25, -0.2) is 0 Å². The summed E-state index contributed by atoms with van der Waals surface area (Å²) in [7, 11) is 0. The molecule has 0 saturated heterocycles. The second-order valence-corrected chi connectivity index (χ2v) is 0.930. The number of hydrogen-bond acceptors (Lipinski definition) is 3. The average Bonchev–Trinajstić information content (AvgIpc) is 1.65. The lowest BCUT2D eigenvalue weighted by Crippen LogP contribution is -2.14. The van der Waals surface area contributed by atoms with E-state index in [-0.39, 0.29) is 23.0 Å². The topological polar surface area (TPSA) is 147 Å². The molecule has 0 atom stereocenters. The highest BCUT2D eigenvalue weighted by molar-refractivity contribution is 6.05. The van der Waals surface area contributed by atoms with Gasteiger partial charge in [-0.15, -0.1) is 0 Å². The first-order chi connectivity index (χ1) is 2.81. The summed E-state index contributed by atoms with van der Waals surface area (Å²) in [6.45, 7) is -0.0521. The summed E-state index contributed by atoms with van der Waals surface area (Å²) >= 11 is 1.81. The molecule has 2 radical (unpaired) electrons. The summed E-state index contributed by atoms with van der Waals surface area (Å²) < 4.78 is 4.05. The van der Waals surface area contributed by atoms with Crippen molar-refractivity contribution in [2.24, 2.45) is 5.73 Å². The zero-order valence-electron chi connectivity index (χ0n) is 4.68. The van der Waals surface area contributed by atoms with E-state index in [9.17, 15) is 4.79 Å². The third-order valence-electron chi connectivity index (χ3n) is 0.298. The molecular weight excluding hydrogens is 145 g/mol. The van der Waals surface area contributed by atoms with Crippen LogP contribution in [0.25, 0.3) is 0 Å². The van der Waals surface area contributed by atoms with Crippen molar-refractivity contribution in [1.82, 2.24) is 0 Å². The normalized spacial score (nSPS) is 5.00. The summed E-state index contributed by atoms with van der Waals surface area (Å²) in [5.41, 5.74) is 4.79. The van der Waals surface area contributed by atoms with Crippen LogP contribution in [0.1, 0.15) is 0 Å². The van der Waals surface area contributed by atoms with E-state index in [1.165, 1.54) is 0 Å². The molecule has 56 valence electrons. The predicted molar refractivity (Wildman–Crippen MR) is 31.7 cm³/mol. The molecule has 6 nitrogen and oxygen atoms in total. The van der Waals surface area contributed by atoms with E-state index in [4.69, 9.17) is 5.73 Å². The Labute approximate surface area is 60.7 Å². The molecule has 0 aliphatic carbocycles. The maximum Gasteiger partial charge on any atom is 0.484 e. The second-order valence-electron chi connectivity index (χ2n) is 0.694. The Balaban J connectivity index is -0.0000000417. The van der Waals surface area contributed by atoms with Crippen molar-refractivity contribution >= 4 is 22.6 Å². The fourth-order valence-corrected chi connectivity index (χ4v) is 0.144. The minimum absolute atomic E-state index is 0. The monoisotopic (exact) mass is 155 g/mol. The smallest absolute Gasteiger partial charge is 0.484 e. The van der Waals surface area contributed by atoms with Crippen LogP contribution in [0, 0.1) is 0 Å². The first-order valence-corrected chi connectivity index (χ1v) is 1.88. The SMILES string of the molecule is NCC(=O)[O][Al].O.O.O. The Hall–Kier alpha value is -0.158. The van der Waals surface area contributed by atoms with E-state index >= 15 is 0 Å². The van der Waals surface area contributed by atoms with Gasteiger partial charge in [0.1, 0.15) is 0 Å². The van der Waals surface area contributed by atoms with Gasteiger partial charge in [0, 0.05) is 0 Å². The Kier molecular flexibility index (Phi) is 40.4. The van der Waals surface area contributed by atoms with Crippen LogP contribution in [0.2, 0.25) is 0 Å². The molecule has 0 aromatic carbocycles. The van der Waals surface area contributed by atoms with Crippen molar-refractivity contribution < 1.29 is 25.0 Å². The minimum Gasteiger partial charge on any atom is -0.627 e. The van der Waals surface area contributed by atoms with Gasteiger partial charge in [-0.1, -0.05) is 0 Å². The Morgan fingerprint density at radius 3 is 1.78 bits per heavy atom. The molecule has 0 aliphatic heterocycles. The first kappa shape index (κ1) is 23.2. The van der Waals surface area contributed by atoms with Gasteiger partial charge in [-0.2, -0.15) is 0 Å². The average molecular weight is 155 g/mol. The highest BCUT2D eigenvalue weighted by atomic mass is 27.1. The maximum absolute atomic E-state index is 9.81. The van der Waals surface area contributed by atoms with Crippen LogP contribution < -0.4 is 5.73 Å². The van der Waals surface area contributed by atoms with Crippen LogP contribution in [0.4, 0.5) is 0 Å². The summed E-state index contributed by atoms with van der Waals surface area (Å²) in [4.78, 5) is 9.81. The highest BCUT2D eigenvalue weighted by Crippen LogP contribution is 1.59. The van der Waals surface area contributed by atoms with Gasteiger partial charge in [-0.3, -0.25) is 4.79 Å². The Morgan fingerprint density at radius 1 is 1.44 bits per heavy atom. The van der Waals surface area contributed by atoms with Gasteiger partial charge in [0.2, 0.25) is 0 Å². The molecule has 0 aliphatic rings.